The van der Waals surface area contributed by atoms with Gasteiger partial charge in [-0.25, -0.2) is 4.57 Å². The van der Waals surface area contributed by atoms with Crippen molar-refractivity contribution in [3.8, 4) is 0 Å². The summed E-state index contributed by atoms with van der Waals surface area (Å²) in [5, 5.41) is 3.11. The fraction of sp³-hybridized carbons (Fsp3) is 0.188. The maximum atomic E-state index is 3.11. The third-order valence-electron chi connectivity index (χ3n) is 2.95. The number of nitrogens with zero attached hydrogens (tertiary/aromatic N) is 1. The van der Waals surface area contributed by atoms with Crippen molar-refractivity contribution in [2.24, 2.45) is 0 Å². The van der Waals surface area contributed by atoms with Crippen LogP contribution in [0.15, 0.2) is 48.8 Å². The van der Waals surface area contributed by atoms with Crippen molar-refractivity contribution >= 4 is 17.8 Å². The van der Waals surface area contributed by atoms with Gasteiger partial charge in [0.1, 0.15) is 6.54 Å². The van der Waals surface area contributed by atoms with Crippen LogP contribution in [0.2, 0.25) is 0 Å². The van der Waals surface area contributed by atoms with Crippen LogP contribution in [-0.4, -0.2) is 7.05 Å². The van der Waals surface area contributed by atoms with Crippen molar-refractivity contribution in [3.05, 3.63) is 59.9 Å². The lowest BCUT2D eigenvalue weighted by Crippen LogP contribution is -2.30. The van der Waals surface area contributed by atoms with Crippen molar-refractivity contribution < 1.29 is 4.57 Å². The summed E-state index contributed by atoms with van der Waals surface area (Å²) in [5.74, 6) is 0. The molecule has 2 heteroatoms. The van der Waals surface area contributed by atoms with Gasteiger partial charge >= 0.3 is 0 Å². The number of pyridine rings is 1. The number of hydrogen-bond acceptors (Lipinski definition) is 1. The first-order chi connectivity index (χ1) is 8.81. The van der Waals surface area contributed by atoms with Crippen molar-refractivity contribution in [3.63, 3.8) is 0 Å². The lowest BCUT2D eigenvalue weighted by Gasteiger charge is -1.99. The first-order valence-corrected chi connectivity index (χ1v) is 6.27. The molecule has 0 saturated heterocycles. The van der Waals surface area contributed by atoms with Gasteiger partial charge in [0.25, 0.3) is 0 Å². The normalized spacial score (nSPS) is 10.8. The molecule has 0 amide bonds. The van der Waals surface area contributed by atoms with Gasteiger partial charge in [0.05, 0.1) is 0 Å². The molecular formula is C16H19N2+. The van der Waals surface area contributed by atoms with Gasteiger partial charge in [0, 0.05) is 24.9 Å². The monoisotopic (exact) mass is 239 g/mol. The van der Waals surface area contributed by atoms with E-state index in [-0.39, 0.29) is 0 Å². The van der Waals surface area contributed by atoms with Crippen LogP contribution in [-0.2, 0) is 6.54 Å². The van der Waals surface area contributed by atoms with Gasteiger partial charge in [-0.3, -0.25) is 0 Å². The fourth-order valence-corrected chi connectivity index (χ4v) is 1.74. The van der Waals surface area contributed by atoms with Crippen LogP contribution < -0.4 is 9.88 Å². The second-order valence-electron chi connectivity index (χ2n) is 4.17. The molecule has 1 N–H and O–H groups in total. The molecule has 0 spiro atoms. The zero-order valence-corrected chi connectivity index (χ0v) is 10.9. The van der Waals surface area contributed by atoms with Gasteiger partial charge in [0.15, 0.2) is 12.4 Å². The minimum atomic E-state index is 1.01. The summed E-state index contributed by atoms with van der Waals surface area (Å²) in [6.07, 6.45) is 8.47. The molecule has 18 heavy (non-hydrogen) atoms. The quantitative estimate of drug-likeness (QED) is 0.810. The Morgan fingerprint density at radius 2 is 1.50 bits per heavy atom. The Balaban J connectivity index is 2.08. The van der Waals surface area contributed by atoms with Crippen LogP contribution in [0.5, 0.6) is 0 Å². The van der Waals surface area contributed by atoms with Crippen molar-refractivity contribution in [1.82, 2.24) is 0 Å². The minimum Gasteiger partial charge on any atom is -0.388 e. The second kappa shape index (κ2) is 6.01. The Morgan fingerprint density at radius 1 is 0.944 bits per heavy atom. The predicted molar refractivity (Wildman–Crippen MR) is 77.2 cm³/mol. The Hall–Kier alpha value is -2.09. The molecule has 0 aliphatic carbocycles. The molecule has 0 saturated carbocycles. The third-order valence-corrected chi connectivity index (χ3v) is 2.95. The Bertz CT molecular complexity index is 460. The number of hydrogen-bond donors (Lipinski definition) is 1. The van der Waals surface area contributed by atoms with Gasteiger partial charge in [-0.2, -0.15) is 0 Å². The molecule has 2 nitrogen and oxygen atoms in total. The van der Waals surface area contributed by atoms with Crippen LogP contribution >= 0.6 is 0 Å². The lowest BCUT2D eigenvalue weighted by atomic mass is 10.1. The fourth-order valence-electron chi connectivity index (χ4n) is 1.74. The number of aromatic nitrogens is 1. The summed E-state index contributed by atoms with van der Waals surface area (Å²) in [7, 11) is 1.93. The molecule has 0 fully saturated rings. The van der Waals surface area contributed by atoms with E-state index in [4.69, 9.17) is 0 Å². The van der Waals surface area contributed by atoms with E-state index < -0.39 is 0 Å². The summed E-state index contributed by atoms with van der Waals surface area (Å²) in [4.78, 5) is 0. The molecule has 0 radical (unpaired) electrons. The van der Waals surface area contributed by atoms with Gasteiger partial charge < -0.3 is 5.32 Å². The molecule has 0 bridgehead atoms. The summed E-state index contributed by atoms with van der Waals surface area (Å²) < 4.78 is 2.15. The Morgan fingerprint density at radius 3 is 2.00 bits per heavy atom. The van der Waals surface area contributed by atoms with Crippen LogP contribution in [0.1, 0.15) is 18.1 Å². The highest BCUT2D eigenvalue weighted by atomic mass is 14.9. The first kappa shape index (κ1) is 12.4. The number of benzene rings is 1. The van der Waals surface area contributed by atoms with E-state index in [1.54, 1.807) is 0 Å². The van der Waals surface area contributed by atoms with Crippen molar-refractivity contribution in [2.75, 3.05) is 12.4 Å². The predicted octanol–water partition coefficient (Wildman–Crippen LogP) is 3.21. The molecule has 0 aliphatic rings. The molecule has 0 aliphatic heterocycles. The highest BCUT2D eigenvalue weighted by Gasteiger charge is 1.94. The second-order valence-corrected chi connectivity index (χ2v) is 4.17. The molecular weight excluding hydrogens is 220 g/mol. The summed E-state index contributed by atoms with van der Waals surface area (Å²) in [5.41, 5.74) is 3.56. The molecule has 2 aromatic rings. The number of nitrogens with one attached hydrogen (secondary N) is 1. The molecule has 1 heterocycles. The Kier molecular flexibility index (Phi) is 4.13. The minimum absolute atomic E-state index is 1.01. The largest absolute Gasteiger partial charge is 0.388 e. The SMILES string of the molecule is CC[n+]1ccc(/C=C/c2ccc(NC)cc2)cc1. The van der Waals surface area contributed by atoms with Crippen LogP contribution in [0.3, 0.4) is 0 Å². The number of aryl methyl sites for hydroxylation is 1. The summed E-state index contributed by atoms with van der Waals surface area (Å²) >= 11 is 0. The molecule has 1 aromatic heterocycles. The highest BCUT2D eigenvalue weighted by molar-refractivity contribution is 5.70. The summed E-state index contributed by atoms with van der Waals surface area (Å²) in [6, 6.07) is 12.6. The average Bonchev–Trinajstić information content (AvgIpc) is 2.46. The maximum absolute atomic E-state index is 3.11. The summed E-state index contributed by atoms with van der Waals surface area (Å²) in [6.45, 7) is 3.15. The van der Waals surface area contributed by atoms with Gasteiger partial charge in [0.2, 0.25) is 0 Å². The topological polar surface area (TPSA) is 15.9 Å². The standard InChI is InChI=1S/C16H18N2/c1-3-18-12-10-15(11-13-18)5-4-14-6-8-16(17-2)9-7-14/h4-13H,3H2,1-2H3/p+1. The highest BCUT2D eigenvalue weighted by Crippen LogP contribution is 2.11. The van der Waals surface area contributed by atoms with Gasteiger partial charge in [-0.15, -0.1) is 0 Å². The van der Waals surface area contributed by atoms with E-state index in [2.05, 4.69) is 77.8 Å². The van der Waals surface area contributed by atoms with Crippen molar-refractivity contribution in [1.29, 1.82) is 0 Å². The van der Waals surface area contributed by atoms with Gasteiger partial charge in [-0.1, -0.05) is 24.3 Å². The van der Waals surface area contributed by atoms with E-state index in [1.807, 2.05) is 7.05 Å². The van der Waals surface area contributed by atoms with Crippen LogP contribution in [0.25, 0.3) is 12.2 Å². The van der Waals surface area contributed by atoms with Gasteiger partial charge in [-0.05, 0) is 30.2 Å². The number of rotatable bonds is 4. The molecule has 0 unspecified atom stereocenters. The molecule has 1 aromatic carbocycles. The molecule has 92 valence electrons. The zero-order chi connectivity index (χ0) is 12.8. The van der Waals surface area contributed by atoms with Crippen LogP contribution in [0, 0.1) is 0 Å². The average molecular weight is 239 g/mol. The zero-order valence-electron chi connectivity index (χ0n) is 10.9. The number of anilines is 1. The van der Waals surface area contributed by atoms with E-state index in [9.17, 15) is 0 Å². The lowest BCUT2D eigenvalue weighted by molar-refractivity contribution is -0.693. The van der Waals surface area contributed by atoms with Crippen molar-refractivity contribution in [2.45, 2.75) is 13.5 Å². The first-order valence-electron chi connectivity index (χ1n) is 6.27. The van der Waals surface area contributed by atoms with E-state index in [0.717, 1.165) is 12.2 Å². The molecule has 2 rings (SSSR count). The van der Waals surface area contributed by atoms with E-state index in [0.29, 0.717) is 0 Å². The van der Waals surface area contributed by atoms with Crippen LogP contribution in [0.4, 0.5) is 5.69 Å². The third kappa shape index (κ3) is 3.20. The van der Waals surface area contributed by atoms with E-state index in [1.165, 1.54) is 11.1 Å². The smallest absolute Gasteiger partial charge is 0.169 e. The maximum Gasteiger partial charge on any atom is 0.169 e. The van der Waals surface area contributed by atoms with E-state index >= 15 is 0 Å². The molecule has 0 atom stereocenters. The Labute approximate surface area is 109 Å².